The number of ether oxygens (including phenoxy) is 1. The Bertz CT molecular complexity index is 1450. The van der Waals surface area contributed by atoms with E-state index in [9.17, 15) is 14.0 Å². The fourth-order valence-corrected chi connectivity index (χ4v) is 4.23. The fourth-order valence-electron chi connectivity index (χ4n) is 4.23. The highest BCUT2D eigenvalue weighted by molar-refractivity contribution is 5.88. The molecule has 0 bridgehead atoms. The average Bonchev–Trinajstić information content (AvgIpc) is 3.13. The molecular formula is C24H27FN6O4. The molecule has 0 amide bonds. The van der Waals surface area contributed by atoms with E-state index in [1.54, 1.807) is 39.1 Å². The van der Waals surface area contributed by atoms with Crippen molar-refractivity contribution in [3.05, 3.63) is 74.1 Å². The Kier molecular flexibility index (Phi) is 6.22. The molecule has 3 heterocycles. The number of fused-ring (bicyclic) bond motifs is 4. The van der Waals surface area contributed by atoms with E-state index in [1.807, 2.05) is 0 Å². The van der Waals surface area contributed by atoms with Crippen LogP contribution in [0, 0.1) is 19.7 Å². The highest BCUT2D eigenvalue weighted by Gasteiger charge is 2.28. The zero-order valence-corrected chi connectivity index (χ0v) is 19.6. The molecule has 10 nitrogen and oxygen atoms in total. The number of hydrazine groups is 1. The lowest BCUT2D eigenvalue weighted by Crippen LogP contribution is -2.31. The van der Waals surface area contributed by atoms with Gasteiger partial charge in [-0.05, 0) is 49.6 Å². The third kappa shape index (κ3) is 4.43. The van der Waals surface area contributed by atoms with E-state index >= 15 is 0 Å². The summed E-state index contributed by atoms with van der Waals surface area (Å²) in [7, 11) is 0. The first kappa shape index (κ1) is 24.2. The molecule has 0 saturated heterocycles. The Labute approximate surface area is 200 Å². The van der Waals surface area contributed by atoms with Crippen LogP contribution < -0.4 is 22.9 Å². The maximum atomic E-state index is 14.5. The molecule has 4 rings (SSSR count). The van der Waals surface area contributed by atoms with Crippen molar-refractivity contribution < 1.29 is 19.0 Å². The first-order valence-electron chi connectivity index (χ1n) is 10.9. The van der Waals surface area contributed by atoms with Crippen LogP contribution in [0.2, 0.25) is 0 Å². The highest BCUT2D eigenvalue weighted by Crippen LogP contribution is 2.37. The molecule has 3 aromatic rings. The van der Waals surface area contributed by atoms with Gasteiger partial charge in [0.15, 0.2) is 0 Å². The second-order valence-electron chi connectivity index (χ2n) is 8.76. The summed E-state index contributed by atoms with van der Waals surface area (Å²) >= 11 is 0. The van der Waals surface area contributed by atoms with Gasteiger partial charge in [-0.2, -0.15) is 0 Å². The first-order chi connectivity index (χ1) is 16.5. The molecule has 1 aromatic carbocycles. The fraction of sp³-hybridized carbons (Fsp3) is 0.292. The highest BCUT2D eigenvalue weighted by atomic mass is 19.1. The molecule has 1 aliphatic heterocycles. The largest absolute Gasteiger partial charge is 0.506 e. The Hall–Kier alpha value is -3.96. The topological polar surface area (TPSA) is 163 Å². The van der Waals surface area contributed by atoms with Gasteiger partial charge in [-0.1, -0.05) is 0 Å². The van der Waals surface area contributed by atoms with E-state index in [2.05, 4.69) is 4.74 Å². The molecule has 184 valence electrons. The Balaban J connectivity index is 1.90. The van der Waals surface area contributed by atoms with Crippen molar-refractivity contribution >= 4 is 17.1 Å². The van der Waals surface area contributed by atoms with E-state index in [4.69, 9.17) is 27.4 Å². The number of hydrogen-bond acceptors (Lipinski definition) is 8. The smallest absolute Gasteiger partial charge is 0.450 e. The zero-order chi connectivity index (χ0) is 25.6. The molecule has 1 atom stereocenters. The van der Waals surface area contributed by atoms with Crippen molar-refractivity contribution in [3.63, 3.8) is 0 Å². The minimum absolute atomic E-state index is 0.193. The summed E-state index contributed by atoms with van der Waals surface area (Å²) in [6.07, 6.45) is 0.0757. The number of nitrogens with two attached hydrogens (primary N) is 3. The predicted molar refractivity (Wildman–Crippen MR) is 128 cm³/mol. The lowest BCUT2D eigenvalue weighted by atomic mass is 9.98. The lowest BCUT2D eigenvalue weighted by molar-refractivity contribution is 0.0848. The number of aromatic nitrogens is 2. The molecule has 0 saturated carbocycles. The number of benzene rings is 1. The van der Waals surface area contributed by atoms with E-state index in [-0.39, 0.29) is 30.8 Å². The molecule has 0 radical (unpaired) electrons. The number of aryl methyl sites for hydroxylation is 2. The molecular weight excluding hydrogens is 455 g/mol. The van der Waals surface area contributed by atoms with Crippen molar-refractivity contribution in [1.29, 1.82) is 0 Å². The maximum Gasteiger partial charge on any atom is 0.506 e. The minimum atomic E-state index is -1.47. The third-order valence-electron chi connectivity index (χ3n) is 6.19. The molecule has 0 fully saturated rings. The van der Waals surface area contributed by atoms with Gasteiger partial charge in [0, 0.05) is 35.0 Å². The van der Waals surface area contributed by atoms with Gasteiger partial charge in [0.05, 0.1) is 35.6 Å². The monoisotopic (exact) mass is 482 g/mol. The molecule has 35 heavy (non-hydrogen) atoms. The number of nitrogens with zero attached hydrogens (tertiary/aromatic N) is 3. The van der Waals surface area contributed by atoms with Gasteiger partial charge in [0.25, 0.3) is 5.56 Å². The average molecular weight is 483 g/mol. The van der Waals surface area contributed by atoms with Crippen LogP contribution in [0.4, 0.5) is 9.18 Å². The van der Waals surface area contributed by atoms with Gasteiger partial charge >= 0.3 is 6.16 Å². The minimum Gasteiger partial charge on any atom is -0.450 e. The normalized spacial score (nSPS) is 13.5. The zero-order valence-electron chi connectivity index (χ0n) is 19.6. The van der Waals surface area contributed by atoms with Crippen LogP contribution in [0.5, 0.6) is 0 Å². The Morgan fingerprint density at radius 1 is 1.31 bits per heavy atom. The summed E-state index contributed by atoms with van der Waals surface area (Å²) in [6, 6.07) is 4.44. The molecule has 1 aliphatic rings. The van der Waals surface area contributed by atoms with E-state index in [1.165, 1.54) is 15.6 Å². The Morgan fingerprint density at radius 2 is 2.03 bits per heavy atom. The summed E-state index contributed by atoms with van der Waals surface area (Å²) in [4.78, 5) is 28.8. The van der Waals surface area contributed by atoms with Crippen molar-refractivity contribution in [1.82, 2.24) is 14.6 Å². The third-order valence-corrected chi connectivity index (χ3v) is 6.19. The van der Waals surface area contributed by atoms with Crippen LogP contribution in [0.15, 0.2) is 34.9 Å². The molecule has 11 heteroatoms. The van der Waals surface area contributed by atoms with Crippen molar-refractivity contribution in [2.24, 2.45) is 17.3 Å². The van der Waals surface area contributed by atoms with Crippen molar-refractivity contribution in [2.75, 3.05) is 0 Å². The SMILES string of the molecule is Cc1cc2c(CN(N)/C=C(\N)C(C)N)c3c(nc2cc1F)-c1cc(C)c(COC(=O)O)c(=O)n1C3. The van der Waals surface area contributed by atoms with Gasteiger partial charge in [-0.15, -0.1) is 0 Å². The first-order valence-corrected chi connectivity index (χ1v) is 10.9. The van der Waals surface area contributed by atoms with E-state index in [0.29, 0.717) is 39.1 Å². The quantitative estimate of drug-likeness (QED) is 0.183. The number of halogens is 1. The van der Waals surface area contributed by atoms with Crippen LogP contribution >= 0.6 is 0 Å². The van der Waals surface area contributed by atoms with Gasteiger partial charge in [0.2, 0.25) is 0 Å². The standard InChI is InChI=1S/C24H27FN6O4/c1-11-5-21-22-16(8-31(21)23(32)17(11)10-35-24(33)34)15(7-30(28)9-19(27)13(3)26)14-4-12(2)18(25)6-20(14)29-22/h4-6,9,13H,7-8,10,26-28H2,1-3H3,(H,33,34)/b19-9-. The van der Waals surface area contributed by atoms with Crippen LogP contribution in [0.3, 0.4) is 0 Å². The lowest BCUT2D eigenvalue weighted by Gasteiger charge is -2.20. The molecule has 7 N–H and O–H groups in total. The van der Waals surface area contributed by atoms with Crippen LogP contribution in [0.25, 0.3) is 22.3 Å². The number of carboxylic acid groups (broad SMARTS) is 1. The second-order valence-corrected chi connectivity index (χ2v) is 8.76. The molecule has 1 unspecified atom stereocenters. The van der Waals surface area contributed by atoms with Gasteiger partial charge < -0.3 is 30.9 Å². The summed E-state index contributed by atoms with van der Waals surface area (Å²) in [5, 5.41) is 11.0. The number of rotatable bonds is 6. The van der Waals surface area contributed by atoms with E-state index < -0.39 is 18.0 Å². The summed E-state index contributed by atoms with van der Waals surface area (Å²) in [5.41, 5.74) is 16.1. The van der Waals surface area contributed by atoms with Gasteiger partial charge in [0.1, 0.15) is 12.4 Å². The number of pyridine rings is 2. The summed E-state index contributed by atoms with van der Waals surface area (Å²) in [6.45, 7) is 5.14. The summed E-state index contributed by atoms with van der Waals surface area (Å²) in [5.74, 6) is 5.84. The van der Waals surface area contributed by atoms with Crippen LogP contribution in [0.1, 0.15) is 34.7 Å². The molecule has 0 spiro atoms. The maximum absolute atomic E-state index is 14.5. The van der Waals surface area contributed by atoms with Gasteiger partial charge in [-0.3, -0.25) is 4.79 Å². The predicted octanol–water partition coefficient (Wildman–Crippen LogP) is 2.20. The summed E-state index contributed by atoms with van der Waals surface area (Å²) < 4.78 is 20.6. The second kappa shape index (κ2) is 9.01. The molecule has 0 aliphatic carbocycles. The van der Waals surface area contributed by atoms with Crippen molar-refractivity contribution in [2.45, 2.75) is 46.5 Å². The van der Waals surface area contributed by atoms with Crippen LogP contribution in [-0.2, 0) is 24.4 Å². The van der Waals surface area contributed by atoms with Gasteiger partial charge in [-0.25, -0.2) is 20.0 Å². The van der Waals surface area contributed by atoms with Crippen LogP contribution in [-0.4, -0.2) is 31.9 Å². The van der Waals surface area contributed by atoms with Crippen molar-refractivity contribution in [3.8, 4) is 11.4 Å². The number of hydrogen-bond donors (Lipinski definition) is 4. The van der Waals surface area contributed by atoms with E-state index in [0.717, 1.165) is 11.1 Å². The number of carbonyl (C=O) groups is 1. The Morgan fingerprint density at radius 3 is 2.69 bits per heavy atom. The molecule has 2 aromatic heterocycles.